The zero-order valence-corrected chi connectivity index (χ0v) is 13.0. The molecule has 0 spiro atoms. The van der Waals surface area contributed by atoms with Gasteiger partial charge in [0.1, 0.15) is 29.8 Å². The van der Waals surface area contributed by atoms with E-state index >= 15 is 0 Å². The Kier molecular flexibility index (Phi) is 4.01. The minimum absolute atomic E-state index is 0.0285. The molecule has 1 aliphatic heterocycles. The fourth-order valence-corrected chi connectivity index (χ4v) is 2.31. The van der Waals surface area contributed by atoms with Crippen molar-refractivity contribution in [1.29, 1.82) is 0 Å². The van der Waals surface area contributed by atoms with Gasteiger partial charge in [-0.2, -0.15) is 13.2 Å². The number of imidazole rings is 1. The SMILES string of the molecule is CC1(COc2ccc(C(F)(F)F)nc2)CCn2cc([N+](=O)[O-])nc2O1. The van der Waals surface area contributed by atoms with Crippen LogP contribution < -0.4 is 9.47 Å². The van der Waals surface area contributed by atoms with Crippen molar-refractivity contribution >= 4 is 5.82 Å². The van der Waals surface area contributed by atoms with Gasteiger partial charge in [-0.1, -0.05) is 0 Å². The molecule has 3 heterocycles. The van der Waals surface area contributed by atoms with E-state index in [1.807, 2.05) is 0 Å². The molecule has 11 heteroatoms. The van der Waals surface area contributed by atoms with Crippen LogP contribution in [-0.4, -0.2) is 31.7 Å². The third kappa shape index (κ3) is 3.64. The maximum Gasteiger partial charge on any atom is 0.433 e. The normalized spacial score (nSPS) is 19.8. The van der Waals surface area contributed by atoms with Gasteiger partial charge < -0.3 is 19.6 Å². The maximum absolute atomic E-state index is 12.5. The minimum atomic E-state index is -4.51. The van der Waals surface area contributed by atoms with Crippen molar-refractivity contribution in [3.8, 4) is 11.8 Å². The number of hydrogen-bond acceptors (Lipinski definition) is 6. The Bertz CT molecular complexity index is 790. The molecule has 0 saturated heterocycles. The molecule has 1 aliphatic rings. The first-order valence-electron chi connectivity index (χ1n) is 7.23. The molecule has 0 saturated carbocycles. The van der Waals surface area contributed by atoms with Crippen LogP contribution >= 0.6 is 0 Å². The van der Waals surface area contributed by atoms with E-state index in [0.29, 0.717) is 13.0 Å². The number of pyridine rings is 1. The summed E-state index contributed by atoms with van der Waals surface area (Å²) in [4.78, 5) is 17.2. The number of aromatic nitrogens is 3. The van der Waals surface area contributed by atoms with Gasteiger partial charge in [-0.25, -0.2) is 4.98 Å². The van der Waals surface area contributed by atoms with Gasteiger partial charge in [0.25, 0.3) is 0 Å². The fraction of sp³-hybridized carbons (Fsp3) is 0.429. The second-order valence-corrected chi connectivity index (χ2v) is 5.80. The minimum Gasteiger partial charge on any atom is -0.488 e. The van der Waals surface area contributed by atoms with Gasteiger partial charge in [0.2, 0.25) is 0 Å². The first kappa shape index (κ1) is 17.0. The van der Waals surface area contributed by atoms with E-state index in [9.17, 15) is 23.3 Å². The van der Waals surface area contributed by atoms with Gasteiger partial charge in [0.15, 0.2) is 0 Å². The van der Waals surface area contributed by atoms with Crippen molar-refractivity contribution < 1.29 is 27.6 Å². The molecule has 0 bridgehead atoms. The van der Waals surface area contributed by atoms with Crippen LogP contribution in [-0.2, 0) is 12.7 Å². The number of rotatable bonds is 4. The third-order valence-corrected chi connectivity index (χ3v) is 3.70. The number of nitro groups is 1. The Morgan fingerprint density at radius 3 is 2.84 bits per heavy atom. The van der Waals surface area contributed by atoms with Crippen molar-refractivity contribution in [3.63, 3.8) is 0 Å². The number of alkyl halides is 3. The predicted octanol–water partition coefficient (Wildman–Crippen LogP) is 2.83. The zero-order chi connectivity index (χ0) is 18.2. The van der Waals surface area contributed by atoms with Crippen molar-refractivity contribution in [2.75, 3.05) is 6.61 Å². The first-order valence-corrected chi connectivity index (χ1v) is 7.23. The van der Waals surface area contributed by atoms with E-state index in [-0.39, 0.29) is 24.2 Å². The van der Waals surface area contributed by atoms with Gasteiger partial charge >= 0.3 is 18.0 Å². The van der Waals surface area contributed by atoms with Crippen molar-refractivity contribution in [3.05, 3.63) is 40.3 Å². The van der Waals surface area contributed by atoms with Crippen LogP contribution in [0, 0.1) is 10.1 Å². The third-order valence-electron chi connectivity index (χ3n) is 3.70. The van der Waals surface area contributed by atoms with E-state index in [0.717, 1.165) is 12.3 Å². The molecule has 25 heavy (non-hydrogen) atoms. The number of fused-ring (bicyclic) bond motifs is 1. The van der Waals surface area contributed by atoms with Gasteiger partial charge in [0, 0.05) is 17.9 Å². The first-order chi connectivity index (χ1) is 11.7. The van der Waals surface area contributed by atoms with E-state index in [1.54, 1.807) is 6.92 Å². The largest absolute Gasteiger partial charge is 0.488 e. The van der Waals surface area contributed by atoms with E-state index < -0.39 is 22.4 Å². The molecule has 134 valence electrons. The Morgan fingerprint density at radius 2 is 2.24 bits per heavy atom. The Hall–Kier alpha value is -2.85. The molecule has 8 nitrogen and oxygen atoms in total. The van der Waals surface area contributed by atoms with Crippen LogP contribution in [0.15, 0.2) is 24.5 Å². The number of nitrogens with zero attached hydrogens (tertiary/aromatic N) is 4. The quantitative estimate of drug-likeness (QED) is 0.616. The van der Waals surface area contributed by atoms with Crippen molar-refractivity contribution in [2.24, 2.45) is 0 Å². The summed E-state index contributed by atoms with van der Waals surface area (Å²) < 4.78 is 50.1. The lowest BCUT2D eigenvalue weighted by Gasteiger charge is -2.32. The molecule has 0 aromatic carbocycles. The Balaban J connectivity index is 1.65. The van der Waals surface area contributed by atoms with Crippen LogP contribution in [0.1, 0.15) is 19.0 Å². The van der Waals surface area contributed by atoms with Crippen molar-refractivity contribution in [1.82, 2.24) is 14.5 Å². The van der Waals surface area contributed by atoms with Crippen molar-refractivity contribution in [2.45, 2.75) is 31.7 Å². The molecule has 0 aliphatic carbocycles. The average Bonchev–Trinajstić information content (AvgIpc) is 2.96. The molecule has 2 aromatic rings. The molecule has 0 amide bonds. The molecule has 1 unspecified atom stereocenters. The highest BCUT2D eigenvalue weighted by Gasteiger charge is 2.37. The molecule has 1 atom stereocenters. The maximum atomic E-state index is 12.5. The second kappa shape index (κ2) is 5.90. The molecule has 3 rings (SSSR count). The van der Waals surface area contributed by atoms with Crippen LogP contribution in [0.4, 0.5) is 19.0 Å². The number of halogens is 3. The summed E-state index contributed by atoms with van der Waals surface area (Å²) in [6.07, 6.45) is -1.75. The molecular weight excluding hydrogens is 345 g/mol. The summed E-state index contributed by atoms with van der Waals surface area (Å²) in [7, 11) is 0. The molecule has 2 aromatic heterocycles. The smallest absolute Gasteiger partial charge is 0.433 e. The zero-order valence-electron chi connectivity index (χ0n) is 13.0. The molecule has 0 N–H and O–H groups in total. The van der Waals surface area contributed by atoms with E-state index in [2.05, 4.69) is 9.97 Å². The average molecular weight is 358 g/mol. The summed E-state index contributed by atoms with van der Waals surface area (Å²) in [5, 5.41) is 10.8. The lowest BCUT2D eigenvalue weighted by molar-refractivity contribution is -0.389. The second-order valence-electron chi connectivity index (χ2n) is 5.80. The summed E-state index contributed by atoms with van der Waals surface area (Å²) in [5.74, 6) is -0.148. The van der Waals surface area contributed by atoms with Gasteiger partial charge in [-0.05, 0) is 24.0 Å². The summed E-state index contributed by atoms with van der Waals surface area (Å²) in [5.41, 5.74) is -1.83. The van der Waals surface area contributed by atoms with Crippen LogP contribution in [0.25, 0.3) is 0 Å². The molecule has 0 radical (unpaired) electrons. The summed E-state index contributed by atoms with van der Waals surface area (Å²) in [6, 6.07) is 2.11. The molecule has 0 fully saturated rings. The van der Waals surface area contributed by atoms with Crippen LogP contribution in [0.3, 0.4) is 0 Å². The van der Waals surface area contributed by atoms with E-state index in [1.165, 1.54) is 16.8 Å². The number of ether oxygens (including phenoxy) is 2. The Labute approximate surface area is 139 Å². The predicted molar refractivity (Wildman–Crippen MR) is 77.3 cm³/mol. The summed E-state index contributed by atoms with van der Waals surface area (Å²) in [6.45, 7) is 2.20. The highest BCUT2D eigenvalue weighted by Crippen LogP contribution is 2.31. The van der Waals surface area contributed by atoms with Gasteiger partial charge in [-0.15, -0.1) is 0 Å². The Morgan fingerprint density at radius 1 is 1.48 bits per heavy atom. The number of hydrogen-bond donors (Lipinski definition) is 0. The lowest BCUT2D eigenvalue weighted by atomic mass is 10.0. The monoisotopic (exact) mass is 358 g/mol. The highest BCUT2D eigenvalue weighted by molar-refractivity contribution is 5.23. The lowest BCUT2D eigenvalue weighted by Crippen LogP contribution is -2.43. The fourth-order valence-electron chi connectivity index (χ4n) is 2.31. The van der Waals surface area contributed by atoms with Gasteiger partial charge in [-0.3, -0.25) is 4.57 Å². The van der Waals surface area contributed by atoms with Gasteiger partial charge in [0.05, 0.1) is 6.20 Å². The number of aryl methyl sites for hydroxylation is 1. The van der Waals surface area contributed by atoms with Crippen LogP contribution in [0.2, 0.25) is 0 Å². The van der Waals surface area contributed by atoms with Crippen LogP contribution in [0.5, 0.6) is 11.8 Å². The standard InChI is InChI=1S/C14H13F3N4O4/c1-13(4-5-20-7-11(21(22)23)19-12(20)25-13)8-24-9-2-3-10(18-6-9)14(15,16)17/h2-3,6-7H,4-5,8H2,1H3. The van der Waals surface area contributed by atoms with E-state index in [4.69, 9.17) is 9.47 Å². The summed E-state index contributed by atoms with van der Waals surface area (Å²) >= 11 is 0. The topological polar surface area (TPSA) is 92.3 Å². The highest BCUT2D eigenvalue weighted by atomic mass is 19.4. The molecular formula is C14H13F3N4O4.